The van der Waals surface area contributed by atoms with Crippen molar-refractivity contribution in [1.82, 2.24) is 4.90 Å². The molecule has 126 valence electrons. The number of aryl methyl sites for hydroxylation is 1. The zero-order valence-electron chi connectivity index (χ0n) is 13.7. The third-order valence-electron chi connectivity index (χ3n) is 4.25. The highest BCUT2D eigenvalue weighted by Gasteiger charge is 2.21. The molecule has 1 aliphatic rings. The van der Waals surface area contributed by atoms with Gasteiger partial charge < -0.3 is 20.1 Å². The van der Waals surface area contributed by atoms with Gasteiger partial charge in [-0.3, -0.25) is 0 Å². The van der Waals surface area contributed by atoms with Crippen molar-refractivity contribution in [3.63, 3.8) is 0 Å². The fourth-order valence-corrected chi connectivity index (χ4v) is 2.81. The number of amides is 1. The third-order valence-corrected chi connectivity index (χ3v) is 4.25. The molecule has 0 spiro atoms. The maximum Gasteiger partial charge on any atom is 0.407 e. The van der Waals surface area contributed by atoms with Crippen molar-refractivity contribution >= 4 is 11.8 Å². The number of hydrogen-bond acceptors (Lipinski definition) is 3. The van der Waals surface area contributed by atoms with Crippen LogP contribution < -0.4 is 10.1 Å². The van der Waals surface area contributed by atoms with Crippen LogP contribution in [0.25, 0.3) is 0 Å². The maximum atomic E-state index is 10.9. The van der Waals surface area contributed by atoms with E-state index in [1.54, 1.807) is 0 Å². The van der Waals surface area contributed by atoms with E-state index in [0.29, 0.717) is 19.1 Å². The molecule has 24 heavy (non-hydrogen) atoms. The summed E-state index contributed by atoms with van der Waals surface area (Å²) in [5.74, 6) is 1.62. The van der Waals surface area contributed by atoms with Crippen LogP contribution in [-0.4, -0.2) is 35.2 Å². The van der Waals surface area contributed by atoms with E-state index >= 15 is 0 Å². The zero-order chi connectivity index (χ0) is 16.9. The topological polar surface area (TPSA) is 61.8 Å². The standard InChI is InChI=1S/C19H22N2O3/c1-14-2-6-17(7-3-14)24-18-8-4-15(5-9-18)20-16-10-12-21(13-11-16)19(22)23/h2-9,16,20H,10-13H2,1H3,(H,22,23). The summed E-state index contributed by atoms with van der Waals surface area (Å²) in [6, 6.07) is 16.1. The summed E-state index contributed by atoms with van der Waals surface area (Å²) in [6.07, 6.45) is 0.827. The van der Waals surface area contributed by atoms with E-state index in [1.165, 1.54) is 10.5 Å². The van der Waals surface area contributed by atoms with Gasteiger partial charge in [0.05, 0.1) is 0 Å². The number of piperidine rings is 1. The Hall–Kier alpha value is -2.69. The van der Waals surface area contributed by atoms with Crippen LogP contribution in [0.5, 0.6) is 11.5 Å². The molecular formula is C19H22N2O3. The highest BCUT2D eigenvalue weighted by atomic mass is 16.5. The van der Waals surface area contributed by atoms with Crippen LogP contribution in [0.2, 0.25) is 0 Å². The fourth-order valence-electron chi connectivity index (χ4n) is 2.81. The number of rotatable bonds is 4. The molecule has 0 radical (unpaired) electrons. The number of hydrogen-bond donors (Lipinski definition) is 2. The largest absolute Gasteiger partial charge is 0.465 e. The molecule has 2 N–H and O–H groups in total. The number of ether oxygens (including phenoxy) is 1. The first-order valence-electron chi connectivity index (χ1n) is 8.19. The van der Waals surface area contributed by atoms with Gasteiger partial charge in [0, 0.05) is 24.8 Å². The number of nitrogens with zero attached hydrogens (tertiary/aromatic N) is 1. The summed E-state index contributed by atoms with van der Waals surface area (Å²) < 4.78 is 5.82. The third kappa shape index (κ3) is 4.19. The summed E-state index contributed by atoms with van der Waals surface area (Å²) in [4.78, 5) is 12.4. The van der Waals surface area contributed by atoms with Gasteiger partial charge in [-0.2, -0.15) is 0 Å². The highest BCUT2D eigenvalue weighted by molar-refractivity contribution is 5.65. The molecule has 1 heterocycles. The molecule has 2 aromatic carbocycles. The second-order valence-electron chi connectivity index (χ2n) is 6.13. The fraction of sp³-hybridized carbons (Fsp3) is 0.316. The van der Waals surface area contributed by atoms with Gasteiger partial charge in [0.25, 0.3) is 0 Å². The summed E-state index contributed by atoms with van der Waals surface area (Å²) >= 11 is 0. The number of carboxylic acid groups (broad SMARTS) is 1. The number of benzene rings is 2. The average Bonchev–Trinajstić information content (AvgIpc) is 2.59. The van der Waals surface area contributed by atoms with E-state index in [-0.39, 0.29) is 0 Å². The van der Waals surface area contributed by atoms with Crippen molar-refractivity contribution < 1.29 is 14.6 Å². The van der Waals surface area contributed by atoms with Gasteiger partial charge in [0.15, 0.2) is 0 Å². The first kappa shape index (κ1) is 16.2. The zero-order valence-corrected chi connectivity index (χ0v) is 13.7. The molecule has 1 aliphatic heterocycles. The van der Waals surface area contributed by atoms with E-state index in [1.807, 2.05) is 55.5 Å². The van der Waals surface area contributed by atoms with Crippen LogP contribution in [0.15, 0.2) is 48.5 Å². The van der Waals surface area contributed by atoms with Crippen molar-refractivity contribution in [3.8, 4) is 11.5 Å². The Kier molecular flexibility index (Phi) is 4.89. The lowest BCUT2D eigenvalue weighted by Crippen LogP contribution is -2.41. The Bertz CT molecular complexity index is 675. The van der Waals surface area contributed by atoms with Gasteiger partial charge >= 0.3 is 6.09 Å². The van der Waals surface area contributed by atoms with E-state index in [4.69, 9.17) is 9.84 Å². The second kappa shape index (κ2) is 7.25. The Morgan fingerprint density at radius 1 is 1.04 bits per heavy atom. The van der Waals surface area contributed by atoms with Gasteiger partial charge in [-0.05, 0) is 56.2 Å². The summed E-state index contributed by atoms with van der Waals surface area (Å²) in [5.41, 5.74) is 2.23. The molecule has 1 fully saturated rings. The van der Waals surface area contributed by atoms with Gasteiger partial charge in [0.2, 0.25) is 0 Å². The molecule has 1 saturated heterocycles. The van der Waals surface area contributed by atoms with Crippen LogP contribution in [0.1, 0.15) is 18.4 Å². The van der Waals surface area contributed by atoms with Crippen LogP contribution in [-0.2, 0) is 0 Å². The molecule has 0 aromatic heterocycles. The minimum absolute atomic E-state index is 0.310. The molecule has 5 heteroatoms. The van der Waals surface area contributed by atoms with Crippen LogP contribution in [0, 0.1) is 6.92 Å². The van der Waals surface area contributed by atoms with Gasteiger partial charge in [-0.25, -0.2) is 4.79 Å². The molecule has 0 bridgehead atoms. The number of nitrogens with one attached hydrogen (secondary N) is 1. The van der Waals surface area contributed by atoms with Crippen molar-refractivity contribution in [2.75, 3.05) is 18.4 Å². The van der Waals surface area contributed by atoms with Crippen molar-refractivity contribution in [1.29, 1.82) is 0 Å². The lowest BCUT2D eigenvalue weighted by atomic mass is 10.1. The van der Waals surface area contributed by atoms with Gasteiger partial charge in [0.1, 0.15) is 11.5 Å². The summed E-state index contributed by atoms with van der Waals surface area (Å²) in [6.45, 7) is 3.22. The van der Waals surface area contributed by atoms with Crippen molar-refractivity contribution in [2.24, 2.45) is 0 Å². The quantitative estimate of drug-likeness (QED) is 0.877. The van der Waals surface area contributed by atoms with E-state index in [0.717, 1.165) is 30.0 Å². The summed E-state index contributed by atoms with van der Waals surface area (Å²) in [5, 5.41) is 12.4. The molecule has 3 rings (SSSR count). The Morgan fingerprint density at radius 2 is 1.58 bits per heavy atom. The van der Waals surface area contributed by atoms with Crippen LogP contribution in [0.4, 0.5) is 10.5 Å². The van der Waals surface area contributed by atoms with Gasteiger partial charge in [-0.15, -0.1) is 0 Å². The number of carbonyl (C=O) groups is 1. The van der Waals surface area contributed by atoms with Crippen molar-refractivity contribution in [2.45, 2.75) is 25.8 Å². The predicted molar refractivity (Wildman–Crippen MR) is 93.9 cm³/mol. The second-order valence-corrected chi connectivity index (χ2v) is 6.13. The molecule has 1 amide bonds. The molecule has 0 unspecified atom stereocenters. The summed E-state index contributed by atoms with van der Waals surface area (Å²) in [7, 11) is 0. The van der Waals surface area contributed by atoms with Crippen molar-refractivity contribution in [3.05, 3.63) is 54.1 Å². The lowest BCUT2D eigenvalue weighted by Gasteiger charge is -2.31. The van der Waals surface area contributed by atoms with E-state index in [2.05, 4.69) is 5.32 Å². The Balaban J connectivity index is 1.53. The number of likely N-dealkylation sites (tertiary alicyclic amines) is 1. The molecule has 2 aromatic rings. The van der Waals surface area contributed by atoms with Gasteiger partial charge in [-0.1, -0.05) is 17.7 Å². The van der Waals surface area contributed by atoms with Crippen LogP contribution >= 0.6 is 0 Å². The minimum Gasteiger partial charge on any atom is -0.465 e. The molecular weight excluding hydrogens is 304 g/mol. The predicted octanol–water partition coefficient (Wildman–Crippen LogP) is 4.34. The molecule has 0 aliphatic carbocycles. The number of anilines is 1. The minimum atomic E-state index is -0.828. The SMILES string of the molecule is Cc1ccc(Oc2ccc(NC3CCN(C(=O)O)CC3)cc2)cc1. The van der Waals surface area contributed by atoms with E-state index in [9.17, 15) is 4.79 Å². The van der Waals surface area contributed by atoms with E-state index < -0.39 is 6.09 Å². The monoisotopic (exact) mass is 326 g/mol. The maximum absolute atomic E-state index is 10.9. The Morgan fingerprint density at radius 3 is 2.12 bits per heavy atom. The highest BCUT2D eigenvalue weighted by Crippen LogP contribution is 2.24. The first-order valence-corrected chi connectivity index (χ1v) is 8.19. The smallest absolute Gasteiger partial charge is 0.407 e. The normalized spacial score (nSPS) is 15.1. The average molecular weight is 326 g/mol. The lowest BCUT2D eigenvalue weighted by molar-refractivity contribution is 0.134. The first-order chi connectivity index (χ1) is 11.6. The molecule has 0 saturated carbocycles. The Labute approximate surface area is 141 Å². The van der Waals surface area contributed by atoms with Crippen LogP contribution in [0.3, 0.4) is 0 Å². The molecule has 5 nitrogen and oxygen atoms in total. The molecule has 0 atom stereocenters.